The second-order valence-electron chi connectivity index (χ2n) is 9.18. The maximum Gasteiger partial charge on any atom is 0.271 e. The molecule has 4 rings (SSSR count). The van der Waals surface area contributed by atoms with Crippen molar-refractivity contribution in [2.75, 3.05) is 33.7 Å². The van der Waals surface area contributed by atoms with Crippen molar-refractivity contribution in [1.82, 2.24) is 19.6 Å². The molecule has 1 saturated carbocycles. The van der Waals surface area contributed by atoms with E-state index < -0.39 is 0 Å². The van der Waals surface area contributed by atoms with Crippen LogP contribution in [0.3, 0.4) is 0 Å². The Bertz CT molecular complexity index is 908. The summed E-state index contributed by atoms with van der Waals surface area (Å²) in [4.78, 5) is 29.7. The van der Waals surface area contributed by atoms with E-state index in [4.69, 9.17) is 0 Å². The lowest BCUT2D eigenvalue weighted by atomic mass is 9.48. The molecule has 1 aromatic carbocycles. The summed E-state index contributed by atoms with van der Waals surface area (Å²) >= 11 is 0. The minimum Gasteiger partial charge on any atom is -0.336 e. The third kappa shape index (κ3) is 2.92. The Morgan fingerprint density at radius 3 is 2.59 bits per heavy atom. The van der Waals surface area contributed by atoms with Gasteiger partial charge in [-0.3, -0.25) is 14.7 Å². The summed E-state index contributed by atoms with van der Waals surface area (Å²) in [5.74, 6) is 0.421. The van der Waals surface area contributed by atoms with Crippen LogP contribution in [-0.2, 0) is 0 Å². The highest BCUT2D eigenvalue weighted by Crippen LogP contribution is 2.62. The number of benzene rings is 1. The summed E-state index contributed by atoms with van der Waals surface area (Å²) in [6.45, 7) is 7.11. The van der Waals surface area contributed by atoms with Gasteiger partial charge in [0.05, 0.1) is 5.69 Å². The molecule has 6 nitrogen and oxygen atoms in total. The number of hydrogen-bond donors (Lipinski definition) is 1. The quantitative estimate of drug-likeness (QED) is 0.900. The van der Waals surface area contributed by atoms with Gasteiger partial charge in [0.25, 0.3) is 11.5 Å². The number of carbonyl (C=O) groups is 1. The van der Waals surface area contributed by atoms with E-state index in [1.165, 1.54) is 10.7 Å². The Hall–Kier alpha value is -2.34. The van der Waals surface area contributed by atoms with Gasteiger partial charge < -0.3 is 9.80 Å². The van der Waals surface area contributed by atoms with E-state index in [1.807, 2.05) is 35.2 Å². The number of para-hydroxylation sites is 1. The van der Waals surface area contributed by atoms with Gasteiger partial charge in [-0.1, -0.05) is 32.0 Å². The highest BCUT2D eigenvalue weighted by atomic mass is 16.2. The molecule has 0 spiro atoms. The fraction of sp³-hybridized carbons (Fsp3) is 0.524. The van der Waals surface area contributed by atoms with Gasteiger partial charge in [0.15, 0.2) is 0 Å². The SMILES string of the molecule is CN(C)C[C@@]12CN(C(=O)c3cc(=O)n(-c4ccccc4)[nH]3)C[C@@H]1C(C)(C)C2. The van der Waals surface area contributed by atoms with Gasteiger partial charge >= 0.3 is 0 Å². The number of aromatic nitrogens is 2. The monoisotopic (exact) mass is 368 g/mol. The van der Waals surface area contributed by atoms with Gasteiger partial charge in [-0.2, -0.15) is 0 Å². The van der Waals surface area contributed by atoms with Gasteiger partial charge in [-0.05, 0) is 44.0 Å². The molecule has 0 bridgehead atoms. The predicted molar refractivity (Wildman–Crippen MR) is 105 cm³/mol. The summed E-state index contributed by atoms with van der Waals surface area (Å²) in [5.41, 5.74) is 1.31. The fourth-order valence-corrected chi connectivity index (χ4v) is 5.57. The number of fused-ring (bicyclic) bond motifs is 1. The van der Waals surface area contributed by atoms with Gasteiger partial charge in [0.1, 0.15) is 5.69 Å². The lowest BCUT2D eigenvalue weighted by Crippen LogP contribution is -2.57. The Balaban J connectivity index is 1.59. The van der Waals surface area contributed by atoms with Gasteiger partial charge in [-0.15, -0.1) is 0 Å². The average Bonchev–Trinajstić information content (AvgIpc) is 3.13. The van der Waals surface area contributed by atoms with Crippen LogP contribution in [0.25, 0.3) is 5.69 Å². The summed E-state index contributed by atoms with van der Waals surface area (Å²) < 4.78 is 1.43. The first-order valence-electron chi connectivity index (χ1n) is 9.53. The van der Waals surface area contributed by atoms with E-state index >= 15 is 0 Å². The van der Waals surface area contributed by atoms with Crippen molar-refractivity contribution in [3.63, 3.8) is 0 Å². The van der Waals surface area contributed by atoms with Gasteiger partial charge in [0, 0.05) is 31.1 Å². The third-order valence-electron chi connectivity index (χ3n) is 6.28. The van der Waals surface area contributed by atoms with E-state index in [0.717, 1.165) is 31.7 Å². The van der Waals surface area contributed by atoms with Gasteiger partial charge in [-0.25, -0.2) is 4.68 Å². The first kappa shape index (κ1) is 18.0. The molecule has 0 unspecified atom stereocenters. The summed E-state index contributed by atoms with van der Waals surface area (Å²) in [6.07, 6.45) is 1.13. The number of nitrogens with zero attached hydrogens (tertiary/aromatic N) is 3. The van der Waals surface area contributed by atoms with Crippen LogP contribution in [0.4, 0.5) is 0 Å². The lowest BCUT2D eigenvalue weighted by Gasteiger charge is -2.57. The molecule has 1 amide bonds. The molecule has 1 N–H and O–H groups in total. The zero-order valence-corrected chi connectivity index (χ0v) is 16.5. The number of nitrogens with one attached hydrogen (secondary N) is 1. The molecule has 1 aromatic heterocycles. The van der Waals surface area contributed by atoms with Crippen molar-refractivity contribution in [3.05, 3.63) is 52.4 Å². The molecule has 144 valence electrons. The normalized spacial score (nSPS) is 26.1. The molecule has 2 atom stereocenters. The third-order valence-corrected chi connectivity index (χ3v) is 6.28. The lowest BCUT2D eigenvalue weighted by molar-refractivity contribution is -0.0789. The van der Waals surface area contributed by atoms with E-state index in [2.05, 4.69) is 37.9 Å². The molecular formula is C21H28N4O2. The number of likely N-dealkylation sites (tertiary alicyclic amines) is 1. The topological polar surface area (TPSA) is 61.3 Å². The Labute approximate surface area is 159 Å². The van der Waals surface area contributed by atoms with Crippen LogP contribution in [0.15, 0.2) is 41.2 Å². The van der Waals surface area contributed by atoms with Crippen molar-refractivity contribution < 1.29 is 4.79 Å². The number of amides is 1. The minimum atomic E-state index is -0.213. The number of carbonyl (C=O) groups excluding carboxylic acids is 1. The number of H-pyrrole nitrogens is 1. The van der Waals surface area contributed by atoms with Crippen LogP contribution >= 0.6 is 0 Å². The molecule has 1 aliphatic heterocycles. The first-order chi connectivity index (χ1) is 12.7. The van der Waals surface area contributed by atoms with E-state index in [1.54, 1.807) is 0 Å². The predicted octanol–water partition coefficient (Wildman–Crippen LogP) is 2.22. The first-order valence-corrected chi connectivity index (χ1v) is 9.53. The Morgan fingerprint density at radius 2 is 1.96 bits per heavy atom. The van der Waals surface area contributed by atoms with Crippen LogP contribution < -0.4 is 5.56 Å². The second-order valence-corrected chi connectivity index (χ2v) is 9.18. The van der Waals surface area contributed by atoms with Crippen LogP contribution in [0.5, 0.6) is 0 Å². The second kappa shape index (κ2) is 6.09. The summed E-state index contributed by atoms with van der Waals surface area (Å²) in [5, 5.41) is 3.00. The summed E-state index contributed by atoms with van der Waals surface area (Å²) in [6, 6.07) is 10.7. The molecule has 27 heavy (non-hydrogen) atoms. The highest BCUT2D eigenvalue weighted by Gasteiger charge is 2.63. The van der Waals surface area contributed by atoms with Crippen LogP contribution in [0.2, 0.25) is 0 Å². The van der Waals surface area contributed by atoms with Crippen molar-refractivity contribution in [2.24, 2.45) is 16.7 Å². The molecule has 1 aliphatic carbocycles. The maximum absolute atomic E-state index is 13.1. The van der Waals surface area contributed by atoms with Gasteiger partial charge in [0.2, 0.25) is 0 Å². The molecule has 0 radical (unpaired) electrons. The molecule has 2 aromatic rings. The van der Waals surface area contributed by atoms with E-state index in [0.29, 0.717) is 11.6 Å². The number of aromatic amines is 1. The van der Waals surface area contributed by atoms with Crippen LogP contribution in [0, 0.1) is 16.7 Å². The molecule has 6 heteroatoms. The van der Waals surface area contributed by atoms with Crippen LogP contribution in [0.1, 0.15) is 30.8 Å². The molecule has 1 saturated heterocycles. The number of rotatable bonds is 4. The zero-order valence-electron chi connectivity index (χ0n) is 16.5. The van der Waals surface area contributed by atoms with E-state index in [-0.39, 0.29) is 22.3 Å². The van der Waals surface area contributed by atoms with E-state index in [9.17, 15) is 9.59 Å². The average molecular weight is 368 g/mol. The zero-order chi connectivity index (χ0) is 19.4. The minimum absolute atomic E-state index is 0.0786. The molecule has 2 aliphatic rings. The largest absolute Gasteiger partial charge is 0.336 e. The van der Waals surface area contributed by atoms with Crippen molar-refractivity contribution >= 4 is 5.91 Å². The van der Waals surface area contributed by atoms with Crippen molar-refractivity contribution in [1.29, 1.82) is 0 Å². The highest BCUT2D eigenvalue weighted by molar-refractivity contribution is 5.92. The standard InChI is InChI=1S/C21H28N4O2/c1-20(2)12-21(13-23(3)4)14-24(11-17(20)21)19(27)16-10-18(26)25(22-16)15-8-6-5-7-9-15/h5-10,17,22H,11-14H2,1-4H3/t17-,21+/m1/s1. The molecule has 2 heterocycles. The van der Waals surface area contributed by atoms with Crippen molar-refractivity contribution in [3.8, 4) is 5.69 Å². The smallest absolute Gasteiger partial charge is 0.271 e. The fourth-order valence-electron chi connectivity index (χ4n) is 5.57. The molecule has 2 fully saturated rings. The van der Waals surface area contributed by atoms with Crippen LogP contribution in [-0.4, -0.2) is 59.2 Å². The summed E-state index contributed by atoms with van der Waals surface area (Å²) in [7, 11) is 4.19. The van der Waals surface area contributed by atoms with Crippen molar-refractivity contribution in [2.45, 2.75) is 20.3 Å². The molecular weight excluding hydrogens is 340 g/mol. The Kier molecular flexibility index (Phi) is 4.07. The Morgan fingerprint density at radius 1 is 1.26 bits per heavy atom. The maximum atomic E-state index is 13.1. The number of hydrogen-bond acceptors (Lipinski definition) is 3.